The van der Waals surface area contributed by atoms with Crippen LogP contribution in [0.1, 0.15) is 0 Å². The van der Waals surface area contributed by atoms with E-state index >= 15 is 0 Å². The van der Waals surface area contributed by atoms with Gasteiger partial charge in [0.15, 0.2) is 0 Å². The Bertz CT molecular complexity index is 359. The van der Waals surface area contributed by atoms with Gasteiger partial charge >= 0.3 is 6.03 Å². The van der Waals surface area contributed by atoms with Crippen molar-refractivity contribution in [2.75, 3.05) is 18.4 Å². The van der Waals surface area contributed by atoms with Gasteiger partial charge in [-0.2, -0.15) is 0 Å². The number of carbonyl (C=O) groups excluding carboxylic acids is 1. The summed E-state index contributed by atoms with van der Waals surface area (Å²) in [6, 6.07) is 3.53. The van der Waals surface area contributed by atoms with Crippen molar-refractivity contribution in [3.8, 4) is 0 Å². The molecule has 4 N–H and O–H groups in total. The van der Waals surface area contributed by atoms with E-state index in [1.54, 1.807) is 0 Å². The summed E-state index contributed by atoms with van der Waals surface area (Å²) in [6.07, 6.45) is 0. The quantitative estimate of drug-likeness (QED) is 0.739. The van der Waals surface area contributed by atoms with Crippen molar-refractivity contribution in [2.24, 2.45) is 5.73 Å². The first-order chi connectivity index (χ1) is 7.13. The van der Waals surface area contributed by atoms with Gasteiger partial charge in [-0.05, 0) is 18.2 Å². The Labute approximate surface area is 91.6 Å². The number of carbonyl (C=O) groups is 1. The van der Waals surface area contributed by atoms with Crippen LogP contribution in [0.15, 0.2) is 18.2 Å². The number of hydrogen-bond donors (Lipinski definition) is 3. The predicted molar refractivity (Wildman–Crippen MR) is 57.5 cm³/mol. The summed E-state index contributed by atoms with van der Waals surface area (Å²) in [5.74, 6) is -0.524. The smallest absolute Gasteiger partial charge is 0.319 e. The van der Waals surface area contributed by atoms with E-state index in [1.807, 2.05) is 0 Å². The molecule has 0 saturated carbocycles. The van der Waals surface area contributed by atoms with Crippen LogP contribution in [0.5, 0.6) is 0 Å². The largest absolute Gasteiger partial charge is 0.337 e. The minimum atomic E-state index is -0.524. The minimum Gasteiger partial charge on any atom is -0.337 e. The second kappa shape index (κ2) is 5.53. The van der Waals surface area contributed by atoms with Crippen LogP contribution in [-0.2, 0) is 0 Å². The lowest BCUT2D eigenvalue weighted by molar-refractivity contribution is 0.252. The van der Waals surface area contributed by atoms with Gasteiger partial charge in [0, 0.05) is 18.8 Å². The van der Waals surface area contributed by atoms with E-state index in [-0.39, 0.29) is 5.02 Å². The molecule has 0 aliphatic heterocycles. The molecule has 6 heteroatoms. The molecule has 0 aliphatic rings. The molecule has 1 rings (SSSR count). The van der Waals surface area contributed by atoms with E-state index in [0.29, 0.717) is 18.8 Å². The Morgan fingerprint density at radius 3 is 2.87 bits per heavy atom. The minimum absolute atomic E-state index is 0.0355. The first kappa shape index (κ1) is 11.7. The average Bonchev–Trinajstić information content (AvgIpc) is 2.20. The SMILES string of the molecule is NCCNC(=O)Nc1ccc(F)c(Cl)c1. The molecule has 0 bridgehead atoms. The van der Waals surface area contributed by atoms with Gasteiger partial charge in [0.05, 0.1) is 5.02 Å². The molecule has 15 heavy (non-hydrogen) atoms. The number of halogens is 2. The van der Waals surface area contributed by atoms with Crippen LogP contribution < -0.4 is 16.4 Å². The first-order valence-electron chi connectivity index (χ1n) is 4.33. The lowest BCUT2D eigenvalue weighted by Crippen LogP contribution is -2.32. The number of benzene rings is 1. The molecule has 0 aliphatic carbocycles. The molecule has 1 aromatic rings. The normalized spacial score (nSPS) is 9.80. The van der Waals surface area contributed by atoms with Gasteiger partial charge in [-0.25, -0.2) is 9.18 Å². The van der Waals surface area contributed by atoms with E-state index in [9.17, 15) is 9.18 Å². The number of urea groups is 1. The summed E-state index contributed by atoms with van der Waals surface area (Å²) in [5, 5.41) is 4.96. The molecule has 0 atom stereocenters. The van der Waals surface area contributed by atoms with Crippen molar-refractivity contribution in [1.29, 1.82) is 0 Å². The maximum atomic E-state index is 12.8. The molecule has 0 radical (unpaired) electrons. The topological polar surface area (TPSA) is 67.1 Å². The van der Waals surface area contributed by atoms with Crippen LogP contribution in [0.2, 0.25) is 5.02 Å². The first-order valence-corrected chi connectivity index (χ1v) is 4.71. The highest BCUT2D eigenvalue weighted by atomic mass is 35.5. The van der Waals surface area contributed by atoms with Crippen LogP contribution in [0.4, 0.5) is 14.9 Å². The Morgan fingerprint density at radius 1 is 1.53 bits per heavy atom. The van der Waals surface area contributed by atoms with Crippen molar-refractivity contribution >= 4 is 23.3 Å². The summed E-state index contributed by atoms with van der Waals surface area (Å²) in [5.41, 5.74) is 5.63. The van der Waals surface area contributed by atoms with Crippen molar-refractivity contribution in [1.82, 2.24) is 5.32 Å². The van der Waals surface area contributed by atoms with Gasteiger partial charge in [0.25, 0.3) is 0 Å². The molecule has 4 nitrogen and oxygen atoms in total. The Kier molecular flexibility index (Phi) is 4.33. The molecule has 0 saturated heterocycles. The van der Waals surface area contributed by atoms with Gasteiger partial charge in [-0.15, -0.1) is 0 Å². The lowest BCUT2D eigenvalue weighted by Gasteiger charge is -2.06. The summed E-state index contributed by atoms with van der Waals surface area (Å²) >= 11 is 5.53. The Balaban J connectivity index is 2.57. The van der Waals surface area contributed by atoms with E-state index in [0.717, 1.165) is 0 Å². The molecule has 0 fully saturated rings. The average molecular weight is 232 g/mol. The molecular formula is C9H11ClFN3O. The zero-order valence-corrected chi connectivity index (χ0v) is 8.64. The van der Waals surface area contributed by atoms with Crippen molar-refractivity contribution < 1.29 is 9.18 Å². The van der Waals surface area contributed by atoms with Crippen LogP contribution in [0.3, 0.4) is 0 Å². The standard InChI is InChI=1S/C9H11ClFN3O/c10-7-5-6(1-2-8(7)11)14-9(15)13-4-3-12/h1-2,5H,3-4,12H2,(H2,13,14,15). The van der Waals surface area contributed by atoms with Crippen LogP contribution in [0, 0.1) is 5.82 Å². The third-order valence-electron chi connectivity index (χ3n) is 1.61. The molecule has 1 aromatic carbocycles. The highest BCUT2D eigenvalue weighted by Gasteiger charge is 2.03. The molecule has 0 aromatic heterocycles. The van der Waals surface area contributed by atoms with Gasteiger partial charge in [-0.1, -0.05) is 11.6 Å². The fourth-order valence-electron chi connectivity index (χ4n) is 0.935. The maximum absolute atomic E-state index is 12.8. The fourth-order valence-corrected chi connectivity index (χ4v) is 1.12. The molecule has 0 unspecified atom stereocenters. The summed E-state index contributed by atoms with van der Waals surface area (Å²) in [4.78, 5) is 11.2. The second-order valence-electron chi connectivity index (χ2n) is 2.80. The number of rotatable bonds is 3. The van der Waals surface area contributed by atoms with Gasteiger partial charge in [0.2, 0.25) is 0 Å². The van der Waals surface area contributed by atoms with Crippen molar-refractivity contribution in [3.05, 3.63) is 29.0 Å². The number of nitrogens with one attached hydrogen (secondary N) is 2. The molecule has 0 spiro atoms. The third kappa shape index (κ3) is 3.73. The fraction of sp³-hybridized carbons (Fsp3) is 0.222. The van der Waals surface area contributed by atoms with Gasteiger partial charge in [-0.3, -0.25) is 0 Å². The van der Waals surface area contributed by atoms with Gasteiger partial charge < -0.3 is 16.4 Å². The monoisotopic (exact) mass is 231 g/mol. The highest BCUT2D eigenvalue weighted by Crippen LogP contribution is 2.18. The van der Waals surface area contributed by atoms with Crippen molar-refractivity contribution in [2.45, 2.75) is 0 Å². The summed E-state index contributed by atoms with van der Waals surface area (Å²) < 4.78 is 12.8. The second-order valence-corrected chi connectivity index (χ2v) is 3.21. The van der Waals surface area contributed by atoms with Crippen molar-refractivity contribution in [3.63, 3.8) is 0 Å². The van der Waals surface area contributed by atoms with Crippen LogP contribution in [-0.4, -0.2) is 19.1 Å². The Morgan fingerprint density at radius 2 is 2.27 bits per heavy atom. The maximum Gasteiger partial charge on any atom is 0.319 e. The Hall–Kier alpha value is -1.33. The zero-order chi connectivity index (χ0) is 11.3. The molecule has 0 heterocycles. The van der Waals surface area contributed by atoms with E-state index in [1.165, 1.54) is 18.2 Å². The summed E-state index contributed by atoms with van der Waals surface area (Å²) in [6.45, 7) is 0.734. The van der Waals surface area contributed by atoms with Gasteiger partial charge in [0.1, 0.15) is 5.82 Å². The number of hydrogen-bond acceptors (Lipinski definition) is 2. The number of amides is 2. The molecule has 82 valence electrons. The van der Waals surface area contributed by atoms with Crippen LogP contribution >= 0.6 is 11.6 Å². The van der Waals surface area contributed by atoms with Crippen LogP contribution in [0.25, 0.3) is 0 Å². The number of anilines is 1. The third-order valence-corrected chi connectivity index (χ3v) is 1.90. The van der Waals surface area contributed by atoms with E-state index < -0.39 is 11.8 Å². The molecule has 2 amide bonds. The highest BCUT2D eigenvalue weighted by molar-refractivity contribution is 6.31. The van der Waals surface area contributed by atoms with E-state index in [4.69, 9.17) is 17.3 Å². The lowest BCUT2D eigenvalue weighted by atomic mass is 10.3. The predicted octanol–water partition coefficient (Wildman–Crippen LogP) is 1.56. The number of nitrogens with two attached hydrogens (primary N) is 1. The van der Waals surface area contributed by atoms with E-state index in [2.05, 4.69) is 10.6 Å². The summed E-state index contributed by atoms with van der Waals surface area (Å²) in [7, 11) is 0. The molecular weight excluding hydrogens is 221 g/mol. The zero-order valence-electron chi connectivity index (χ0n) is 7.89.